The molecule has 23 heavy (non-hydrogen) atoms. The predicted molar refractivity (Wildman–Crippen MR) is 87.3 cm³/mol. The van der Waals surface area contributed by atoms with E-state index in [2.05, 4.69) is 24.1 Å². The van der Waals surface area contributed by atoms with Crippen LogP contribution in [0.3, 0.4) is 0 Å². The van der Waals surface area contributed by atoms with E-state index < -0.39 is 0 Å². The van der Waals surface area contributed by atoms with E-state index >= 15 is 0 Å². The molecule has 0 saturated heterocycles. The summed E-state index contributed by atoms with van der Waals surface area (Å²) in [6, 6.07) is 12.1. The van der Waals surface area contributed by atoms with E-state index in [0.29, 0.717) is 6.79 Å². The highest BCUT2D eigenvalue weighted by molar-refractivity contribution is 5.45. The summed E-state index contributed by atoms with van der Waals surface area (Å²) in [4.78, 5) is 2.23. The molecule has 1 aliphatic heterocycles. The van der Waals surface area contributed by atoms with Gasteiger partial charge in [0, 0.05) is 13.1 Å². The van der Waals surface area contributed by atoms with Gasteiger partial charge in [-0.25, -0.2) is 0 Å². The van der Waals surface area contributed by atoms with Crippen molar-refractivity contribution in [3.63, 3.8) is 0 Å². The highest BCUT2D eigenvalue weighted by atomic mass is 16.7. The fourth-order valence-electron chi connectivity index (χ4n) is 2.70. The van der Waals surface area contributed by atoms with Gasteiger partial charge in [0.2, 0.25) is 6.79 Å². The van der Waals surface area contributed by atoms with Crippen LogP contribution >= 0.6 is 0 Å². The van der Waals surface area contributed by atoms with Crippen LogP contribution in [0.25, 0.3) is 0 Å². The molecule has 5 nitrogen and oxygen atoms in total. The second-order valence-corrected chi connectivity index (χ2v) is 5.55. The minimum atomic E-state index is 0.306. The van der Waals surface area contributed by atoms with Gasteiger partial charge in [0.15, 0.2) is 23.0 Å². The molecule has 0 unspecified atom stereocenters. The molecule has 0 saturated carbocycles. The van der Waals surface area contributed by atoms with E-state index in [0.717, 1.165) is 36.1 Å². The molecular formula is C18H21NO4. The lowest BCUT2D eigenvalue weighted by Crippen LogP contribution is -2.17. The van der Waals surface area contributed by atoms with Crippen molar-refractivity contribution in [1.29, 1.82) is 0 Å². The van der Waals surface area contributed by atoms with Gasteiger partial charge < -0.3 is 18.9 Å². The summed E-state index contributed by atoms with van der Waals surface area (Å²) in [7, 11) is 5.38. The molecule has 0 aromatic heterocycles. The quantitative estimate of drug-likeness (QED) is 0.819. The smallest absolute Gasteiger partial charge is 0.231 e. The minimum Gasteiger partial charge on any atom is -0.493 e. The van der Waals surface area contributed by atoms with Crippen LogP contribution in [0.4, 0.5) is 0 Å². The van der Waals surface area contributed by atoms with Crippen LogP contribution in [0.2, 0.25) is 0 Å². The van der Waals surface area contributed by atoms with Crippen LogP contribution in [0.1, 0.15) is 11.1 Å². The number of nitrogens with zero attached hydrogens (tertiary/aromatic N) is 1. The van der Waals surface area contributed by atoms with Gasteiger partial charge in [-0.15, -0.1) is 0 Å². The first-order chi connectivity index (χ1) is 11.2. The van der Waals surface area contributed by atoms with Crippen LogP contribution in [-0.2, 0) is 13.1 Å². The van der Waals surface area contributed by atoms with Crippen molar-refractivity contribution in [2.24, 2.45) is 0 Å². The summed E-state index contributed by atoms with van der Waals surface area (Å²) in [6.07, 6.45) is 0. The van der Waals surface area contributed by atoms with E-state index in [1.54, 1.807) is 14.2 Å². The summed E-state index contributed by atoms with van der Waals surface area (Å²) in [5.74, 6) is 3.13. The van der Waals surface area contributed by atoms with E-state index in [1.807, 2.05) is 24.3 Å². The molecule has 0 fully saturated rings. The Morgan fingerprint density at radius 2 is 1.52 bits per heavy atom. The molecule has 0 amide bonds. The van der Waals surface area contributed by atoms with Crippen LogP contribution in [-0.4, -0.2) is 33.0 Å². The molecule has 2 aromatic carbocycles. The molecule has 0 aliphatic carbocycles. The molecule has 122 valence electrons. The average molecular weight is 315 g/mol. The summed E-state index contributed by atoms with van der Waals surface area (Å²) in [5, 5.41) is 0. The Balaban J connectivity index is 1.66. The number of hydrogen-bond acceptors (Lipinski definition) is 5. The SMILES string of the molecule is COc1ccc(CN(C)Cc2ccc3c(c2)OCO3)cc1OC. The van der Waals surface area contributed by atoms with Crippen LogP contribution in [0, 0.1) is 0 Å². The Labute approximate surface area is 136 Å². The minimum absolute atomic E-state index is 0.306. The first kappa shape index (κ1) is 15.5. The predicted octanol–water partition coefficient (Wildman–Crippen LogP) is 3.06. The second-order valence-electron chi connectivity index (χ2n) is 5.55. The lowest BCUT2D eigenvalue weighted by molar-refractivity contribution is 0.174. The van der Waals surface area contributed by atoms with Gasteiger partial charge in [-0.05, 0) is 42.4 Å². The maximum atomic E-state index is 5.42. The number of ether oxygens (including phenoxy) is 4. The van der Waals surface area contributed by atoms with Crippen molar-refractivity contribution in [2.75, 3.05) is 28.1 Å². The number of hydrogen-bond donors (Lipinski definition) is 0. The average Bonchev–Trinajstić information content (AvgIpc) is 3.02. The molecule has 1 heterocycles. The third kappa shape index (κ3) is 3.51. The zero-order valence-electron chi connectivity index (χ0n) is 13.7. The number of benzene rings is 2. The third-order valence-corrected chi connectivity index (χ3v) is 3.79. The zero-order chi connectivity index (χ0) is 16.2. The highest BCUT2D eigenvalue weighted by Crippen LogP contribution is 2.33. The molecule has 2 aromatic rings. The number of rotatable bonds is 6. The fraction of sp³-hybridized carbons (Fsp3) is 0.333. The van der Waals surface area contributed by atoms with Crippen LogP contribution in [0.15, 0.2) is 36.4 Å². The molecule has 5 heteroatoms. The van der Waals surface area contributed by atoms with Crippen LogP contribution < -0.4 is 18.9 Å². The lowest BCUT2D eigenvalue weighted by atomic mass is 10.1. The van der Waals surface area contributed by atoms with E-state index in [9.17, 15) is 0 Å². The van der Waals surface area contributed by atoms with Crippen molar-refractivity contribution >= 4 is 0 Å². The molecule has 3 rings (SSSR count). The second kappa shape index (κ2) is 6.79. The van der Waals surface area contributed by atoms with Crippen molar-refractivity contribution in [3.8, 4) is 23.0 Å². The Kier molecular flexibility index (Phi) is 4.57. The maximum Gasteiger partial charge on any atom is 0.231 e. The summed E-state index contributed by atoms with van der Waals surface area (Å²) in [6.45, 7) is 1.94. The van der Waals surface area contributed by atoms with Gasteiger partial charge in [0.25, 0.3) is 0 Å². The monoisotopic (exact) mass is 315 g/mol. The van der Waals surface area contributed by atoms with E-state index in [-0.39, 0.29) is 0 Å². The number of methoxy groups -OCH3 is 2. The molecule has 0 spiro atoms. The highest BCUT2D eigenvalue weighted by Gasteiger charge is 2.14. The molecule has 0 atom stereocenters. The molecule has 0 N–H and O–H groups in total. The zero-order valence-corrected chi connectivity index (χ0v) is 13.7. The van der Waals surface area contributed by atoms with Gasteiger partial charge in [-0.1, -0.05) is 12.1 Å². The standard InChI is InChI=1S/C18H21NO4/c1-19(10-13-4-6-15(20-2)17(8-13)21-3)11-14-5-7-16-18(9-14)23-12-22-16/h4-9H,10-12H2,1-3H3. The Morgan fingerprint density at radius 3 is 2.26 bits per heavy atom. The molecular weight excluding hydrogens is 294 g/mol. The summed E-state index contributed by atoms with van der Waals surface area (Å²) in [5.41, 5.74) is 2.36. The first-order valence-electron chi connectivity index (χ1n) is 7.47. The van der Waals surface area contributed by atoms with Gasteiger partial charge >= 0.3 is 0 Å². The normalized spacial score (nSPS) is 12.5. The molecule has 0 bridgehead atoms. The Morgan fingerprint density at radius 1 is 0.870 bits per heavy atom. The van der Waals surface area contributed by atoms with Gasteiger partial charge in [-0.2, -0.15) is 0 Å². The summed E-state index contributed by atoms with van der Waals surface area (Å²) < 4.78 is 21.4. The number of fused-ring (bicyclic) bond motifs is 1. The maximum absolute atomic E-state index is 5.42. The first-order valence-corrected chi connectivity index (χ1v) is 7.47. The Bertz CT molecular complexity index is 687. The Hall–Kier alpha value is -2.40. The van der Waals surface area contributed by atoms with Crippen molar-refractivity contribution < 1.29 is 18.9 Å². The van der Waals surface area contributed by atoms with Gasteiger partial charge in [0.1, 0.15) is 0 Å². The van der Waals surface area contributed by atoms with Crippen LogP contribution in [0.5, 0.6) is 23.0 Å². The fourth-order valence-corrected chi connectivity index (χ4v) is 2.70. The van der Waals surface area contributed by atoms with Crippen molar-refractivity contribution in [1.82, 2.24) is 4.90 Å². The van der Waals surface area contributed by atoms with Gasteiger partial charge in [0.05, 0.1) is 14.2 Å². The van der Waals surface area contributed by atoms with E-state index in [1.165, 1.54) is 11.1 Å². The summed E-state index contributed by atoms with van der Waals surface area (Å²) >= 11 is 0. The largest absolute Gasteiger partial charge is 0.493 e. The van der Waals surface area contributed by atoms with Crippen molar-refractivity contribution in [3.05, 3.63) is 47.5 Å². The lowest BCUT2D eigenvalue weighted by Gasteiger charge is -2.18. The van der Waals surface area contributed by atoms with Crippen molar-refractivity contribution in [2.45, 2.75) is 13.1 Å². The third-order valence-electron chi connectivity index (χ3n) is 3.79. The van der Waals surface area contributed by atoms with E-state index in [4.69, 9.17) is 18.9 Å². The topological polar surface area (TPSA) is 40.2 Å². The van der Waals surface area contributed by atoms with Gasteiger partial charge in [-0.3, -0.25) is 4.90 Å². The molecule has 1 aliphatic rings. The molecule has 0 radical (unpaired) electrons.